The molecule has 0 amide bonds. The lowest BCUT2D eigenvalue weighted by Gasteiger charge is -2.14. The quantitative estimate of drug-likeness (QED) is 0.400. The van der Waals surface area contributed by atoms with Crippen molar-refractivity contribution in [2.24, 2.45) is 10.2 Å². The third-order valence-corrected chi connectivity index (χ3v) is 3.98. The van der Waals surface area contributed by atoms with Crippen molar-refractivity contribution in [1.29, 1.82) is 0 Å². The molecule has 1 atom stereocenters. The van der Waals surface area contributed by atoms with E-state index in [1.807, 2.05) is 32.9 Å². The second-order valence-electron chi connectivity index (χ2n) is 6.84. The van der Waals surface area contributed by atoms with Crippen LogP contribution in [0.4, 0.5) is 5.82 Å². The van der Waals surface area contributed by atoms with Crippen LogP contribution in [0.25, 0.3) is 0 Å². The first-order valence-corrected chi connectivity index (χ1v) is 9.97. The fourth-order valence-corrected chi connectivity index (χ4v) is 2.40. The van der Waals surface area contributed by atoms with Crippen LogP contribution in [0.2, 0.25) is 5.02 Å². The molecule has 0 fully saturated rings. The number of aliphatic hydroxyl groups is 1. The van der Waals surface area contributed by atoms with E-state index in [1.54, 1.807) is 18.2 Å². The molecule has 9 heteroatoms. The van der Waals surface area contributed by atoms with Crippen molar-refractivity contribution in [3.05, 3.63) is 40.9 Å². The van der Waals surface area contributed by atoms with Crippen LogP contribution in [0.15, 0.2) is 40.6 Å². The third-order valence-electron chi connectivity index (χ3n) is 3.66. The molecule has 0 spiro atoms. The topological polar surface area (TPSA) is 101 Å². The van der Waals surface area contributed by atoms with Crippen molar-refractivity contribution in [2.75, 3.05) is 26.3 Å². The van der Waals surface area contributed by atoms with Gasteiger partial charge in [-0.3, -0.25) is 0 Å². The summed E-state index contributed by atoms with van der Waals surface area (Å²) in [6, 6.07) is 9.08. The summed E-state index contributed by atoms with van der Waals surface area (Å²) in [6.45, 7) is 7.60. The monoisotopic (exact) mass is 421 g/mol. The molecule has 8 nitrogen and oxygen atoms in total. The summed E-state index contributed by atoms with van der Waals surface area (Å²) < 4.78 is 11.1. The fourth-order valence-electron chi connectivity index (χ4n) is 2.23. The normalized spacial score (nSPS) is 12.5. The summed E-state index contributed by atoms with van der Waals surface area (Å²) in [7, 11) is 0. The van der Waals surface area contributed by atoms with Crippen LogP contribution >= 0.6 is 11.6 Å². The molecular weight excluding hydrogens is 394 g/mol. The fraction of sp³-hybridized carbons (Fsp3) is 0.500. The zero-order valence-corrected chi connectivity index (χ0v) is 17.8. The second-order valence-corrected chi connectivity index (χ2v) is 7.25. The van der Waals surface area contributed by atoms with Gasteiger partial charge in [-0.2, -0.15) is 5.11 Å². The highest BCUT2D eigenvalue weighted by Crippen LogP contribution is 2.25. The minimum absolute atomic E-state index is 0.116. The molecule has 158 valence electrons. The van der Waals surface area contributed by atoms with Crippen molar-refractivity contribution >= 4 is 17.4 Å². The van der Waals surface area contributed by atoms with E-state index in [0.717, 1.165) is 12.0 Å². The number of aromatic nitrogens is 2. The van der Waals surface area contributed by atoms with Gasteiger partial charge in [0.1, 0.15) is 18.5 Å². The first-order valence-electron chi connectivity index (χ1n) is 9.59. The first kappa shape index (κ1) is 23.0. The standard InChI is InChI=1S/C20H28ClN5O3/c1-14(2)23-24-19-7-8-20(26-25-19)28-10-4-9-22-12-16(27)13-29-18-11-15(3)5-6-17(18)21/h5-8,11,14,16,22,27H,4,9-10,12-13H2,1-3H3. The Morgan fingerprint density at radius 3 is 2.72 bits per heavy atom. The number of rotatable bonds is 12. The van der Waals surface area contributed by atoms with Crippen LogP contribution in [0.1, 0.15) is 25.8 Å². The van der Waals surface area contributed by atoms with Gasteiger partial charge in [0.2, 0.25) is 5.88 Å². The highest BCUT2D eigenvalue weighted by molar-refractivity contribution is 6.32. The van der Waals surface area contributed by atoms with Crippen LogP contribution in [0.5, 0.6) is 11.6 Å². The van der Waals surface area contributed by atoms with E-state index in [-0.39, 0.29) is 12.6 Å². The predicted octanol–water partition coefficient (Wildman–Crippen LogP) is 3.73. The molecule has 2 rings (SSSR count). The van der Waals surface area contributed by atoms with E-state index in [9.17, 15) is 5.11 Å². The van der Waals surface area contributed by atoms with Crippen molar-refractivity contribution in [3.63, 3.8) is 0 Å². The highest BCUT2D eigenvalue weighted by Gasteiger charge is 2.07. The summed E-state index contributed by atoms with van der Waals surface area (Å²) in [6.07, 6.45) is 0.124. The van der Waals surface area contributed by atoms with E-state index in [2.05, 4.69) is 25.7 Å². The zero-order valence-electron chi connectivity index (χ0n) is 17.0. The lowest BCUT2D eigenvalue weighted by atomic mass is 10.2. The molecule has 0 saturated heterocycles. The summed E-state index contributed by atoms with van der Waals surface area (Å²) >= 11 is 6.07. The molecule has 1 heterocycles. The number of hydrogen-bond donors (Lipinski definition) is 2. The van der Waals surface area contributed by atoms with Gasteiger partial charge in [0.25, 0.3) is 0 Å². The molecular formula is C20H28ClN5O3. The molecule has 0 aliphatic rings. The maximum absolute atomic E-state index is 10.0. The zero-order chi connectivity index (χ0) is 21.1. The van der Waals surface area contributed by atoms with Gasteiger partial charge in [-0.25, -0.2) is 0 Å². The number of nitrogens with one attached hydrogen (secondary N) is 1. The average molecular weight is 422 g/mol. The number of aliphatic hydroxyl groups excluding tert-OH is 1. The van der Waals surface area contributed by atoms with Crippen molar-refractivity contribution in [2.45, 2.75) is 39.3 Å². The maximum Gasteiger partial charge on any atom is 0.233 e. The minimum atomic E-state index is -0.633. The minimum Gasteiger partial charge on any atom is -0.489 e. The van der Waals surface area contributed by atoms with Crippen LogP contribution in [-0.2, 0) is 0 Å². The number of nitrogens with zero attached hydrogens (tertiary/aromatic N) is 4. The summed E-state index contributed by atoms with van der Waals surface area (Å²) in [5.74, 6) is 1.48. The Balaban J connectivity index is 1.56. The van der Waals surface area contributed by atoms with E-state index in [4.69, 9.17) is 21.1 Å². The number of halogens is 1. The van der Waals surface area contributed by atoms with Gasteiger partial charge >= 0.3 is 0 Å². The van der Waals surface area contributed by atoms with Gasteiger partial charge in [-0.05, 0) is 57.5 Å². The van der Waals surface area contributed by atoms with Crippen LogP contribution in [0, 0.1) is 6.92 Å². The first-order chi connectivity index (χ1) is 13.9. The molecule has 2 N–H and O–H groups in total. The highest BCUT2D eigenvalue weighted by atomic mass is 35.5. The molecule has 29 heavy (non-hydrogen) atoms. The molecule has 1 aromatic carbocycles. The average Bonchev–Trinajstić information content (AvgIpc) is 2.70. The Labute approximate surface area is 176 Å². The summed E-state index contributed by atoms with van der Waals surface area (Å²) in [4.78, 5) is 0. The Bertz CT molecular complexity index is 771. The molecule has 0 aliphatic heterocycles. The number of ether oxygens (including phenoxy) is 2. The Kier molecular flexibility index (Phi) is 9.76. The van der Waals surface area contributed by atoms with Crippen molar-refractivity contribution in [3.8, 4) is 11.6 Å². The third kappa shape index (κ3) is 9.17. The maximum atomic E-state index is 10.0. The van der Waals surface area contributed by atoms with Gasteiger partial charge in [0, 0.05) is 12.6 Å². The van der Waals surface area contributed by atoms with E-state index >= 15 is 0 Å². The Hall–Kier alpha value is -2.29. The van der Waals surface area contributed by atoms with Crippen molar-refractivity contribution < 1.29 is 14.6 Å². The molecule has 0 radical (unpaired) electrons. The lowest BCUT2D eigenvalue weighted by Crippen LogP contribution is -2.32. The largest absolute Gasteiger partial charge is 0.489 e. The van der Waals surface area contributed by atoms with Gasteiger partial charge in [-0.15, -0.1) is 15.3 Å². The number of aryl methyl sites for hydroxylation is 1. The Morgan fingerprint density at radius 2 is 2.00 bits per heavy atom. The SMILES string of the molecule is Cc1ccc(Cl)c(OCC(O)CNCCCOc2ccc(N=NC(C)C)nn2)c1. The van der Waals surface area contributed by atoms with E-state index in [0.29, 0.717) is 42.2 Å². The van der Waals surface area contributed by atoms with E-state index < -0.39 is 6.10 Å². The molecule has 1 unspecified atom stereocenters. The van der Waals surface area contributed by atoms with Crippen LogP contribution in [0.3, 0.4) is 0 Å². The summed E-state index contributed by atoms with van der Waals surface area (Å²) in [5, 5.41) is 29.6. The smallest absolute Gasteiger partial charge is 0.233 e. The van der Waals surface area contributed by atoms with Crippen molar-refractivity contribution in [1.82, 2.24) is 15.5 Å². The van der Waals surface area contributed by atoms with Gasteiger partial charge in [0.15, 0.2) is 5.82 Å². The van der Waals surface area contributed by atoms with Gasteiger partial charge in [-0.1, -0.05) is 17.7 Å². The molecule has 0 saturated carbocycles. The van der Waals surface area contributed by atoms with E-state index in [1.165, 1.54) is 0 Å². The summed E-state index contributed by atoms with van der Waals surface area (Å²) in [5.41, 5.74) is 1.05. The molecule has 0 bridgehead atoms. The lowest BCUT2D eigenvalue weighted by molar-refractivity contribution is 0.106. The number of hydrogen-bond acceptors (Lipinski definition) is 8. The van der Waals surface area contributed by atoms with Gasteiger partial charge < -0.3 is 19.9 Å². The number of benzene rings is 1. The van der Waals surface area contributed by atoms with Crippen LogP contribution in [-0.4, -0.2) is 53.8 Å². The second kappa shape index (κ2) is 12.3. The Morgan fingerprint density at radius 1 is 1.17 bits per heavy atom. The molecule has 2 aromatic rings. The molecule has 0 aliphatic carbocycles. The van der Waals surface area contributed by atoms with Crippen LogP contribution < -0.4 is 14.8 Å². The number of azo groups is 1. The van der Waals surface area contributed by atoms with Gasteiger partial charge in [0.05, 0.1) is 17.7 Å². The predicted molar refractivity (Wildman–Crippen MR) is 112 cm³/mol. The molecule has 1 aromatic heterocycles.